The number of benzene rings is 2. The summed E-state index contributed by atoms with van der Waals surface area (Å²) in [5, 5.41) is 3.04. The van der Waals surface area contributed by atoms with Gasteiger partial charge in [0.05, 0.1) is 5.69 Å². The Morgan fingerprint density at radius 3 is 2.93 bits per heavy atom. The molecule has 2 heterocycles. The average Bonchev–Trinajstić information content (AvgIpc) is 3.21. The van der Waals surface area contributed by atoms with Crippen LogP contribution >= 0.6 is 15.9 Å². The van der Waals surface area contributed by atoms with Crippen LogP contribution < -0.4 is 19.9 Å². The van der Waals surface area contributed by atoms with Crippen LogP contribution in [0.1, 0.15) is 12.8 Å². The molecule has 2 amide bonds. The van der Waals surface area contributed by atoms with Gasteiger partial charge in [-0.3, -0.25) is 9.59 Å². The number of amides is 2. The SMILES string of the molecule is O=C(CCN1C(=O)COc2ccccc21)NCC1CCN(c2cccc(Br)c2)C1. The van der Waals surface area contributed by atoms with Gasteiger partial charge in [-0.1, -0.05) is 34.1 Å². The minimum atomic E-state index is -0.114. The highest BCUT2D eigenvalue weighted by atomic mass is 79.9. The Morgan fingerprint density at radius 2 is 2.07 bits per heavy atom. The summed E-state index contributed by atoms with van der Waals surface area (Å²) in [7, 11) is 0. The molecule has 152 valence electrons. The van der Waals surface area contributed by atoms with Crippen molar-refractivity contribution < 1.29 is 14.3 Å². The Hall–Kier alpha value is -2.54. The lowest BCUT2D eigenvalue weighted by Gasteiger charge is -2.29. The van der Waals surface area contributed by atoms with Gasteiger partial charge >= 0.3 is 0 Å². The summed E-state index contributed by atoms with van der Waals surface area (Å²) in [6.45, 7) is 2.98. The highest BCUT2D eigenvalue weighted by Gasteiger charge is 2.26. The number of para-hydroxylation sites is 2. The number of nitrogens with zero attached hydrogens (tertiary/aromatic N) is 2. The van der Waals surface area contributed by atoms with E-state index < -0.39 is 0 Å². The smallest absolute Gasteiger partial charge is 0.265 e. The summed E-state index contributed by atoms with van der Waals surface area (Å²) in [6.07, 6.45) is 1.34. The molecular formula is C22H24BrN3O3. The molecule has 2 aliphatic rings. The standard InChI is InChI=1S/C22H24BrN3O3/c23-17-4-3-5-18(12-17)25-10-8-16(14-25)13-24-21(27)9-11-26-19-6-1-2-7-20(19)29-15-22(26)28/h1-7,12,16H,8-11,13-15H2,(H,24,27). The monoisotopic (exact) mass is 457 g/mol. The van der Waals surface area contributed by atoms with Gasteiger partial charge in [0.15, 0.2) is 6.61 Å². The predicted octanol–water partition coefficient (Wildman–Crippen LogP) is 3.21. The first-order valence-electron chi connectivity index (χ1n) is 9.89. The summed E-state index contributed by atoms with van der Waals surface area (Å²) in [5.41, 5.74) is 1.94. The first kappa shape index (κ1) is 19.8. The zero-order chi connectivity index (χ0) is 20.2. The first-order chi connectivity index (χ1) is 14.1. The maximum Gasteiger partial charge on any atom is 0.265 e. The van der Waals surface area contributed by atoms with Gasteiger partial charge in [-0.25, -0.2) is 0 Å². The van der Waals surface area contributed by atoms with Crippen molar-refractivity contribution in [3.8, 4) is 5.75 Å². The quantitative estimate of drug-likeness (QED) is 0.723. The third-order valence-corrected chi connectivity index (χ3v) is 5.91. The van der Waals surface area contributed by atoms with Crippen LogP contribution in [0.5, 0.6) is 5.75 Å². The van der Waals surface area contributed by atoms with Gasteiger partial charge in [0.2, 0.25) is 5.91 Å². The molecule has 0 saturated carbocycles. The second-order valence-electron chi connectivity index (χ2n) is 7.44. The molecule has 7 heteroatoms. The fraction of sp³-hybridized carbons (Fsp3) is 0.364. The lowest BCUT2D eigenvalue weighted by atomic mass is 10.1. The van der Waals surface area contributed by atoms with Crippen molar-refractivity contribution >= 4 is 39.1 Å². The molecule has 4 rings (SSSR count). The molecule has 0 aromatic heterocycles. The van der Waals surface area contributed by atoms with Crippen LogP contribution in [0.2, 0.25) is 0 Å². The molecule has 1 fully saturated rings. The van der Waals surface area contributed by atoms with Crippen molar-refractivity contribution in [3.63, 3.8) is 0 Å². The third kappa shape index (κ3) is 4.72. The van der Waals surface area contributed by atoms with Gasteiger partial charge in [0.1, 0.15) is 5.75 Å². The van der Waals surface area contributed by atoms with Crippen molar-refractivity contribution in [2.45, 2.75) is 12.8 Å². The van der Waals surface area contributed by atoms with Gasteiger partial charge in [0.25, 0.3) is 5.91 Å². The first-order valence-corrected chi connectivity index (χ1v) is 10.7. The fourth-order valence-corrected chi connectivity index (χ4v) is 4.25. The molecule has 1 atom stereocenters. The van der Waals surface area contributed by atoms with Crippen molar-refractivity contribution in [1.82, 2.24) is 5.32 Å². The largest absolute Gasteiger partial charge is 0.482 e. The van der Waals surface area contributed by atoms with Gasteiger partial charge in [0, 0.05) is 42.8 Å². The molecule has 1 unspecified atom stereocenters. The number of carbonyl (C=O) groups excluding carboxylic acids is 2. The number of rotatable bonds is 6. The van der Waals surface area contributed by atoms with Crippen LogP contribution in [-0.4, -0.2) is 44.6 Å². The van der Waals surface area contributed by atoms with E-state index in [2.05, 4.69) is 38.3 Å². The van der Waals surface area contributed by atoms with E-state index in [1.807, 2.05) is 36.4 Å². The molecule has 0 spiro atoms. The second kappa shape index (κ2) is 8.86. The van der Waals surface area contributed by atoms with Crippen molar-refractivity contribution in [2.75, 3.05) is 42.6 Å². The Morgan fingerprint density at radius 1 is 1.21 bits per heavy atom. The third-order valence-electron chi connectivity index (χ3n) is 5.42. The molecule has 29 heavy (non-hydrogen) atoms. The van der Waals surface area contributed by atoms with E-state index in [0.717, 1.165) is 29.7 Å². The van der Waals surface area contributed by atoms with E-state index in [0.29, 0.717) is 24.8 Å². The number of nitrogens with one attached hydrogen (secondary N) is 1. The zero-order valence-electron chi connectivity index (χ0n) is 16.1. The Balaban J connectivity index is 1.24. The fourth-order valence-electron chi connectivity index (χ4n) is 3.87. The van der Waals surface area contributed by atoms with Crippen LogP contribution in [0.15, 0.2) is 53.0 Å². The highest BCUT2D eigenvalue weighted by molar-refractivity contribution is 9.10. The summed E-state index contributed by atoms with van der Waals surface area (Å²) >= 11 is 3.52. The lowest BCUT2D eigenvalue weighted by Crippen LogP contribution is -2.41. The average molecular weight is 458 g/mol. The molecule has 0 bridgehead atoms. The molecule has 2 aromatic rings. The second-order valence-corrected chi connectivity index (χ2v) is 8.35. The topological polar surface area (TPSA) is 61.9 Å². The van der Waals surface area contributed by atoms with E-state index in [9.17, 15) is 9.59 Å². The minimum Gasteiger partial charge on any atom is -0.482 e. The summed E-state index contributed by atoms with van der Waals surface area (Å²) in [4.78, 5) is 28.5. The number of halogens is 1. The van der Waals surface area contributed by atoms with Crippen molar-refractivity contribution in [2.24, 2.45) is 5.92 Å². The van der Waals surface area contributed by atoms with Crippen LogP contribution in [0, 0.1) is 5.92 Å². The number of fused-ring (bicyclic) bond motifs is 1. The Kier molecular flexibility index (Phi) is 6.04. The van der Waals surface area contributed by atoms with E-state index in [-0.39, 0.29) is 24.8 Å². The molecule has 2 aliphatic heterocycles. The van der Waals surface area contributed by atoms with E-state index in [1.54, 1.807) is 4.90 Å². The maximum absolute atomic E-state index is 12.4. The number of hydrogen-bond acceptors (Lipinski definition) is 4. The molecule has 0 radical (unpaired) electrons. The van der Waals surface area contributed by atoms with Gasteiger partial charge in [-0.05, 0) is 42.7 Å². The summed E-state index contributed by atoms with van der Waals surface area (Å²) in [5.74, 6) is 0.981. The summed E-state index contributed by atoms with van der Waals surface area (Å²) < 4.78 is 6.52. The highest BCUT2D eigenvalue weighted by Crippen LogP contribution is 2.31. The minimum absolute atomic E-state index is 0.0200. The molecular weight excluding hydrogens is 434 g/mol. The normalized spacial score (nSPS) is 18.4. The van der Waals surface area contributed by atoms with Crippen LogP contribution in [0.25, 0.3) is 0 Å². The Bertz CT molecular complexity index is 904. The Labute approximate surface area is 178 Å². The predicted molar refractivity (Wildman–Crippen MR) is 116 cm³/mol. The number of ether oxygens (including phenoxy) is 1. The van der Waals surface area contributed by atoms with Gasteiger partial charge < -0.3 is 19.9 Å². The molecule has 0 aliphatic carbocycles. The van der Waals surface area contributed by atoms with E-state index in [1.165, 1.54) is 5.69 Å². The molecule has 1 N–H and O–H groups in total. The maximum atomic E-state index is 12.4. The van der Waals surface area contributed by atoms with Crippen LogP contribution in [0.3, 0.4) is 0 Å². The van der Waals surface area contributed by atoms with Crippen LogP contribution in [-0.2, 0) is 9.59 Å². The van der Waals surface area contributed by atoms with Crippen molar-refractivity contribution in [1.29, 1.82) is 0 Å². The van der Waals surface area contributed by atoms with E-state index in [4.69, 9.17) is 4.74 Å². The van der Waals surface area contributed by atoms with E-state index >= 15 is 0 Å². The zero-order valence-corrected chi connectivity index (χ0v) is 17.7. The summed E-state index contributed by atoms with van der Waals surface area (Å²) in [6, 6.07) is 15.7. The number of anilines is 2. The molecule has 2 aromatic carbocycles. The molecule has 6 nitrogen and oxygen atoms in total. The van der Waals surface area contributed by atoms with Crippen LogP contribution in [0.4, 0.5) is 11.4 Å². The number of hydrogen-bond donors (Lipinski definition) is 1. The molecule has 1 saturated heterocycles. The van der Waals surface area contributed by atoms with Gasteiger partial charge in [-0.2, -0.15) is 0 Å². The number of carbonyl (C=O) groups is 2. The lowest BCUT2D eigenvalue weighted by molar-refractivity contribution is -0.122. The van der Waals surface area contributed by atoms with Crippen molar-refractivity contribution in [3.05, 3.63) is 53.0 Å². The van der Waals surface area contributed by atoms with Gasteiger partial charge in [-0.15, -0.1) is 0 Å².